The Morgan fingerprint density at radius 1 is 1.35 bits per heavy atom. The lowest BCUT2D eigenvalue weighted by atomic mass is 9.98. The summed E-state index contributed by atoms with van der Waals surface area (Å²) in [6.45, 7) is 6.71. The molecule has 0 aliphatic carbocycles. The van der Waals surface area contributed by atoms with Crippen LogP contribution in [0.4, 0.5) is 0 Å². The minimum Gasteiger partial charge on any atom is -0.396 e. The summed E-state index contributed by atoms with van der Waals surface area (Å²) in [4.78, 5) is 16.6. The third-order valence-electron chi connectivity index (χ3n) is 5.59. The Balaban J connectivity index is 1.68. The van der Waals surface area contributed by atoms with Crippen LogP contribution in [0.15, 0.2) is 23.6 Å². The summed E-state index contributed by atoms with van der Waals surface area (Å²) >= 11 is 1.79. The third kappa shape index (κ3) is 4.45. The van der Waals surface area contributed by atoms with Gasteiger partial charge < -0.3 is 9.67 Å². The standard InChI is InChI=1S/C21H30N2O2S/c1-16-14-20(17(2)23(16)11-8-19-7-5-13-26-19)21(25)15-22-10-4-3-6-18(22)9-12-24/h5,7,13-14,18,24H,3-4,6,8-12,15H2,1-2H3. The highest BCUT2D eigenvalue weighted by molar-refractivity contribution is 7.09. The topological polar surface area (TPSA) is 45.5 Å². The van der Waals surface area contributed by atoms with E-state index < -0.39 is 0 Å². The summed E-state index contributed by atoms with van der Waals surface area (Å²) in [5, 5.41) is 11.4. The molecule has 0 saturated carbocycles. The molecule has 1 fully saturated rings. The first-order valence-corrected chi connectivity index (χ1v) is 10.6. The van der Waals surface area contributed by atoms with E-state index in [4.69, 9.17) is 0 Å². The zero-order valence-electron chi connectivity index (χ0n) is 15.9. The Labute approximate surface area is 160 Å². The fourth-order valence-electron chi connectivity index (χ4n) is 4.12. The van der Waals surface area contributed by atoms with Gasteiger partial charge in [0.15, 0.2) is 5.78 Å². The molecule has 26 heavy (non-hydrogen) atoms. The third-order valence-corrected chi connectivity index (χ3v) is 6.53. The molecule has 5 heteroatoms. The van der Waals surface area contributed by atoms with Gasteiger partial charge in [-0.15, -0.1) is 11.3 Å². The predicted octanol–water partition coefficient (Wildman–Crippen LogP) is 3.83. The van der Waals surface area contributed by atoms with Crippen LogP contribution in [0.3, 0.4) is 0 Å². The number of aryl methyl sites for hydroxylation is 2. The van der Waals surface area contributed by atoms with Crippen LogP contribution in [0.1, 0.15) is 52.3 Å². The molecule has 2 aromatic heterocycles. The molecule has 1 unspecified atom stereocenters. The summed E-state index contributed by atoms with van der Waals surface area (Å²) in [5.41, 5.74) is 3.11. The number of likely N-dealkylation sites (tertiary alicyclic amines) is 1. The molecule has 2 aromatic rings. The fraction of sp³-hybridized carbons (Fsp3) is 0.571. The molecule has 1 aliphatic heterocycles. The van der Waals surface area contributed by atoms with E-state index in [0.717, 1.165) is 55.7 Å². The lowest BCUT2D eigenvalue weighted by Crippen LogP contribution is -2.43. The van der Waals surface area contributed by atoms with Crippen molar-refractivity contribution < 1.29 is 9.90 Å². The highest BCUT2D eigenvalue weighted by Crippen LogP contribution is 2.22. The monoisotopic (exact) mass is 374 g/mol. The van der Waals surface area contributed by atoms with Crippen molar-refractivity contribution in [3.05, 3.63) is 45.4 Å². The van der Waals surface area contributed by atoms with Gasteiger partial charge in [0.25, 0.3) is 0 Å². The van der Waals surface area contributed by atoms with E-state index in [0.29, 0.717) is 12.6 Å². The number of hydrogen-bond acceptors (Lipinski definition) is 4. The molecule has 142 valence electrons. The minimum absolute atomic E-state index is 0.201. The van der Waals surface area contributed by atoms with Gasteiger partial charge in [-0.25, -0.2) is 0 Å². The number of aliphatic hydroxyl groups excluding tert-OH is 1. The van der Waals surface area contributed by atoms with Crippen LogP contribution in [0.25, 0.3) is 0 Å². The number of aromatic nitrogens is 1. The van der Waals surface area contributed by atoms with Gasteiger partial charge in [-0.1, -0.05) is 12.5 Å². The van der Waals surface area contributed by atoms with Crippen LogP contribution in [0, 0.1) is 13.8 Å². The predicted molar refractivity (Wildman–Crippen MR) is 107 cm³/mol. The molecule has 1 aliphatic rings. The Bertz CT molecular complexity index is 719. The van der Waals surface area contributed by atoms with Gasteiger partial charge >= 0.3 is 0 Å². The van der Waals surface area contributed by atoms with Gasteiger partial charge in [0, 0.05) is 41.0 Å². The van der Waals surface area contributed by atoms with E-state index in [9.17, 15) is 9.90 Å². The van der Waals surface area contributed by atoms with Crippen molar-refractivity contribution in [2.24, 2.45) is 0 Å². The van der Waals surface area contributed by atoms with E-state index in [1.165, 1.54) is 11.3 Å². The second kappa shape index (κ2) is 8.98. The first-order chi connectivity index (χ1) is 12.6. The number of aliphatic hydroxyl groups is 1. The second-order valence-electron chi connectivity index (χ2n) is 7.32. The SMILES string of the molecule is Cc1cc(C(=O)CN2CCCCC2CCO)c(C)n1CCc1cccs1. The molecule has 1 saturated heterocycles. The van der Waals surface area contributed by atoms with E-state index >= 15 is 0 Å². The smallest absolute Gasteiger partial charge is 0.178 e. The summed E-state index contributed by atoms with van der Waals surface area (Å²) < 4.78 is 2.27. The fourth-order valence-corrected chi connectivity index (χ4v) is 4.82. The zero-order valence-corrected chi connectivity index (χ0v) is 16.7. The summed E-state index contributed by atoms with van der Waals surface area (Å²) in [5.74, 6) is 0.213. The molecule has 0 aromatic carbocycles. The van der Waals surface area contributed by atoms with Crippen LogP contribution in [0.2, 0.25) is 0 Å². The van der Waals surface area contributed by atoms with Crippen molar-refractivity contribution in [1.82, 2.24) is 9.47 Å². The minimum atomic E-state index is 0.201. The van der Waals surface area contributed by atoms with Crippen molar-refractivity contribution in [2.45, 2.75) is 58.5 Å². The summed E-state index contributed by atoms with van der Waals surface area (Å²) in [6.07, 6.45) is 5.22. The van der Waals surface area contributed by atoms with Gasteiger partial charge in [-0.2, -0.15) is 0 Å². The van der Waals surface area contributed by atoms with Crippen LogP contribution in [-0.2, 0) is 13.0 Å². The summed E-state index contributed by atoms with van der Waals surface area (Å²) in [7, 11) is 0. The number of Topliss-reactive ketones (excluding diaryl/α,β-unsaturated/α-hetero) is 1. The van der Waals surface area contributed by atoms with E-state index in [2.05, 4.69) is 46.9 Å². The quantitative estimate of drug-likeness (QED) is 0.714. The van der Waals surface area contributed by atoms with E-state index in [1.807, 2.05) is 0 Å². The molecule has 1 N–H and O–H groups in total. The van der Waals surface area contributed by atoms with Crippen molar-refractivity contribution in [2.75, 3.05) is 19.7 Å². The van der Waals surface area contributed by atoms with Crippen LogP contribution in [-0.4, -0.2) is 46.1 Å². The van der Waals surface area contributed by atoms with Gasteiger partial charge in [0.05, 0.1) is 6.54 Å². The maximum absolute atomic E-state index is 13.0. The second-order valence-corrected chi connectivity index (χ2v) is 8.35. The van der Waals surface area contributed by atoms with Gasteiger partial charge in [-0.05, 0) is 63.6 Å². The Morgan fingerprint density at radius 3 is 2.92 bits per heavy atom. The van der Waals surface area contributed by atoms with Crippen molar-refractivity contribution in [3.8, 4) is 0 Å². The molecule has 0 bridgehead atoms. The first kappa shape index (κ1) is 19.3. The van der Waals surface area contributed by atoms with Gasteiger partial charge in [-0.3, -0.25) is 9.69 Å². The Morgan fingerprint density at radius 2 is 2.19 bits per heavy atom. The van der Waals surface area contributed by atoms with Crippen molar-refractivity contribution in [3.63, 3.8) is 0 Å². The largest absolute Gasteiger partial charge is 0.396 e. The number of piperidine rings is 1. The molecule has 0 amide bonds. The number of carbonyl (C=O) groups is 1. The molecular formula is C21H30N2O2S. The highest BCUT2D eigenvalue weighted by atomic mass is 32.1. The average Bonchev–Trinajstić information content (AvgIpc) is 3.23. The van der Waals surface area contributed by atoms with Gasteiger partial charge in [0.2, 0.25) is 0 Å². The number of nitrogens with zero attached hydrogens (tertiary/aromatic N) is 2. The Kier molecular flexibility index (Phi) is 6.68. The lowest BCUT2D eigenvalue weighted by Gasteiger charge is -2.34. The number of thiophene rings is 1. The number of rotatable bonds is 8. The normalized spacial score (nSPS) is 18.3. The molecule has 4 nitrogen and oxygen atoms in total. The summed E-state index contributed by atoms with van der Waals surface area (Å²) in [6, 6.07) is 6.66. The lowest BCUT2D eigenvalue weighted by molar-refractivity contribution is 0.0798. The van der Waals surface area contributed by atoms with Crippen LogP contribution < -0.4 is 0 Å². The highest BCUT2D eigenvalue weighted by Gasteiger charge is 2.25. The molecule has 0 spiro atoms. The maximum Gasteiger partial charge on any atom is 0.178 e. The molecular weight excluding hydrogens is 344 g/mol. The van der Waals surface area contributed by atoms with Crippen molar-refractivity contribution >= 4 is 17.1 Å². The van der Waals surface area contributed by atoms with Crippen LogP contribution >= 0.6 is 11.3 Å². The zero-order chi connectivity index (χ0) is 18.5. The van der Waals surface area contributed by atoms with E-state index in [1.54, 1.807) is 11.3 Å². The maximum atomic E-state index is 13.0. The Hall–Kier alpha value is -1.43. The van der Waals surface area contributed by atoms with Gasteiger partial charge in [0.1, 0.15) is 0 Å². The number of hydrogen-bond donors (Lipinski definition) is 1. The van der Waals surface area contributed by atoms with Crippen molar-refractivity contribution in [1.29, 1.82) is 0 Å². The van der Waals surface area contributed by atoms with Crippen LogP contribution in [0.5, 0.6) is 0 Å². The molecule has 1 atom stereocenters. The number of carbonyl (C=O) groups excluding carboxylic acids is 1. The number of ketones is 1. The van der Waals surface area contributed by atoms with E-state index in [-0.39, 0.29) is 12.4 Å². The first-order valence-electron chi connectivity index (χ1n) is 9.67. The average molecular weight is 375 g/mol. The molecule has 3 heterocycles. The molecule has 0 radical (unpaired) electrons. The molecule has 3 rings (SSSR count).